The van der Waals surface area contributed by atoms with Gasteiger partial charge in [-0.15, -0.1) is 11.8 Å². The molecule has 2 N–H and O–H groups in total. The van der Waals surface area contributed by atoms with Gasteiger partial charge in [0, 0.05) is 4.90 Å². The van der Waals surface area contributed by atoms with Gasteiger partial charge in [0.05, 0.1) is 24.5 Å². The lowest BCUT2D eigenvalue weighted by molar-refractivity contribution is -0.127. The minimum Gasteiger partial charge on any atom is -0.491 e. The molecule has 0 spiro atoms. The summed E-state index contributed by atoms with van der Waals surface area (Å²) in [5.74, 6) is -1.26. The van der Waals surface area contributed by atoms with E-state index in [1.807, 2.05) is 0 Å². The summed E-state index contributed by atoms with van der Waals surface area (Å²) in [7, 11) is 0. The maximum atomic E-state index is 13.5. The van der Waals surface area contributed by atoms with Crippen molar-refractivity contribution in [1.29, 1.82) is 0 Å². The van der Waals surface area contributed by atoms with E-state index in [1.54, 1.807) is 42.5 Å². The number of ether oxygens (including phenoxy) is 1. The van der Waals surface area contributed by atoms with Crippen LogP contribution in [0.4, 0.5) is 10.1 Å². The van der Waals surface area contributed by atoms with Crippen LogP contribution in [0.5, 0.6) is 5.75 Å². The number of hydrogen-bond acceptors (Lipinski definition) is 5. The topological polar surface area (TPSA) is 87.7 Å². The van der Waals surface area contributed by atoms with Gasteiger partial charge >= 0.3 is 0 Å². The van der Waals surface area contributed by atoms with E-state index >= 15 is 0 Å². The minimum absolute atomic E-state index is 0.0689. The van der Waals surface area contributed by atoms with E-state index < -0.39 is 17.6 Å². The van der Waals surface area contributed by atoms with E-state index in [9.17, 15) is 18.8 Å². The van der Waals surface area contributed by atoms with Crippen molar-refractivity contribution in [1.82, 2.24) is 10.9 Å². The summed E-state index contributed by atoms with van der Waals surface area (Å²) in [6.45, 7) is -0.0298. The number of fused-ring (bicyclic) bond motifs is 1. The molecule has 0 saturated carbocycles. The second-order valence-corrected chi connectivity index (χ2v) is 6.88. The van der Waals surface area contributed by atoms with Gasteiger partial charge in [-0.05, 0) is 24.3 Å². The molecule has 1 aliphatic rings. The highest BCUT2D eigenvalue weighted by Crippen LogP contribution is 2.30. The number of para-hydroxylation sites is 2. The highest BCUT2D eigenvalue weighted by Gasteiger charge is 2.25. The standard InChI is InChI=1S/C19H18FN3O4S/c20-13-5-1-4-8-16(13)28-12-18(25)22-21-17(24)11-23-14-6-2-3-7-15(14)27-10-9-19(23)26/h1-8H,9-12H2,(H,21,24)(H,22,25). The van der Waals surface area contributed by atoms with Gasteiger partial charge in [0.25, 0.3) is 5.91 Å². The van der Waals surface area contributed by atoms with Crippen molar-refractivity contribution < 1.29 is 23.5 Å². The zero-order chi connectivity index (χ0) is 19.9. The average molecular weight is 403 g/mol. The van der Waals surface area contributed by atoms with Crippen LogP contribution in [0, 0.1) is 5.82 Å². The van der Waals surface area contributed by atoms with Gasteiger partial charge in [-0.3, -0.25) is 30.1 Å². The fraction of sp³-hybridized carbons (Fsp3) is 0.211. The maximum absolute atomic E-state index is 13.5. The molecule has 0 fully saturated rings. The Hall–Kier alpha value is -3.07. The summed E-state index contributed by atoms with van der Waals surface area (Å²) in [4.78, 5) is 38.0. The number of anilines is 1. The zero-order valence-corrected chi connectivity index (χ0v) is 15.6. The van der Waals surface area contributed by atoms with E-state index in [-0.39, 0.29) is 31.2 Å². The molecule has 28 heavy (non-hydrogen) atoms. The molecule has 2 aromatic rings. The van der Waals surface area contributed by atoms with Gasteiger partial charge < -0.3 is 4.74 Å². The lowest BCUT2D eigenvalue weighted by Crippen LogP contribution is -2.48. The molecule has 146 valence electrons. The quantitative estimate of drug-likeness (QED) is 0.588. The summed E-state index contributed by atoms with van der Waals surface area (Å²) >= 11 is 1.02. The van der Waals surface area contributed by atoms with Crippen molar-refractivity contribution in [2.75, 3.05) is 23.8 Å². The van der Waals surface area contributed by atoms with Gasteiger partial charge in [0.1, 0.15) is 18.1 Å². The van der Waals surface area contributed by atoms with E-state index in [0.29, 0.717) is 16.3 Å². The van der Waals surface area contributed by atoms with Gasteiger partial charge in [-0.2, -0.15) is 0 Å². The number of nitrogens with zero attached hydrogens (tertiary/aromatic N) is 1. The summed E-state index contributed by atoms with van der Waals surface area (Å²) in [6, 6.07) is 13.0. The Kier molecular flexibility index (Phi) is 6.49. The third kappa shape index (κ3) is 5.01. The largest absolute Gasteiger partial charge is 0.491 e. The molecular weight excluding hydrogens is 385 g/mol. The molecule has 0 unspecified atom stereocenters. The Balaban J connectivity index is 1.52. The molecule has 1 aliphatic heterocycles. The molecule has 0 bridgehead atoms. The van der Waals surface area contributed by atoms with Crippen LogP contribution in [0.2, 0.25) is 0 Å². The summed E-state index contributed by atoms with van der Waals surface area (Å²) in [5, 5.41) is 0. The fourth-order valence-electron chi connectivity index (χ4n) is 2.56. The first-order chi connectivity index (χ1) is 13.5. The average Bonchev–Trinajstić information content (AvgIpc) is 2.85. The van der Waals surface area contributed by atoms with Crippen molar-refractivity contribution in [3.05, 3.63) is 54.3 Å². The number of amides is 3. The number of rotatable bonds is 5. The monoisotopic (exact) mass is 403 g/mol. The SMILES string of the molecule is O=C(CSc1ccccc1F)NNC(=O)CN1C(=O)CCOc2ccccc21. The molecule has 1 heterocycles. The molecule has 9 heteroatoms. The molecule has 3 amide bonds. The number of hydrogen-bond donors (Lipinski definition) is 2. The Morgan fingerprint density at radius 3 is 2.61 bits per heavy atom. The molecule has 0 aromatic heterocycles. The Morgan fingerprint density at radius 1 is 1.07 bits per heavy atom. The summed E-state index contributed by atoms with van der Waals surface area (Å²) in [6.07, 6.45) is 0.146. The van der Waals surface area contributed by atoms with Gasteiger partial charge in [0.2, 0.25) is 11.8 Å². The Bertz CT molecular complexity index is 893. The lowest BCUT2D eigenvalue weighted by atomic mass is 10.2. The van der Waals surface area contributed by atoms with Crippen molar-refractivity contribution in [3.63, 3.8) is 0 Å². The van der Waals surface area contributed by atoms with Crippen molar-refractivity contribution in [2.24, 2.45) is 0 Å². The molecular formula is C19H18FN3O4S. The number of thioether (sulfide) groups is 1. The van der Waals surface area contributed by atoms with E-state index in [0.717, 1.165) is 11.8 Å². The molecule has 2 aromatic carbocycles. The van der Waals surface area contributed by atoms with Gasteiger partial charge in [-0.25, -0.2) is 4.39 Å². The first-order valence-electron chi connectivity index (χ1n) is 8.52. The summed E-state index contributed by atoms with van der Waals surface area (Å²) in [5.41, 5.74) is 5.04. The first kappa shape index (κ1) is 19.7. The highest BCUT2D eigenvalue weighted by molar-refractivity contribution is 8.00. The van der Waals surface area contributed by atoms with E-state index in [2.05, 4.69) is 10.9 Å². The van der Waals surface area contributed by atoms with Crippen LogP contribution in [-0.4, -0.2) is 36.6 Å². The molecule has 0 radical (unpaired) electrons. The van der Waals surface area contributed by atoms with Crippen LogP contribution in [0.15, 0.2) is 53.4 Å². The van der Waals surface area contributed by atoms with Crippen molar-refractivity contribution in [2.45, 2.75) is 11.3 Å². The van der Waals surface area contributed by atoms with E-state index in [1.165, 1.54) is 11.0 Å². The van der Waals surface area contributed by atoms with Crippen LogP contribution in [0.3, 0.4) is 0 Å². The van der Waals surface area contributed by atoms with Gasteiger partial charge in [0.15, 0.2) is 0 Å². The number of carbonyl (C=O) groups excluding carboxylic acids is 3. The lowest BCUT2D eigenvalue weighted by Gasteiger charge is -2.21. The van der Waals surface area contributed by atoms with Crippen molar-refractivity contribution >= 4 is 35.2 Å². The molecule has 0 saturated heterocycles. The fourth-order valence-corrected chi connectivity index (χ4v) is 3.30. The molecule has 7 nitrogen and oxygen atoms in total. The van der Waals surface area contributed by atoms with Crippen molar-refractivity contribution in [3.8, 4) is 5.75 Å². The number of hydrazine groups is 1. The number of benzene rings is 2. The molecule has 0 atom stereocenters. The Morgan fingerprint density at radius 2 is 1.79 bits per heavy atom. The second kappa shape index (κ2) is 9.23. The smallest absolute Gasteiger partial charge is 0.258 e. The molecule has 3 rings (SSSR count). The minimum atomic E-state index is -0.561. The van der Waals surface area contributed by atoms with Crippen LogP contribution >= 0.6 is 11.8 Å². The summed E-state index contributed by atoms with van der Waals surface area (Å²) < 4.78 is 19.1. The van der Waals surface area contributed by atoms with Crippen LogP contribution in [-0.2, 0) is 14.4 Å². The Labute approximate surface area is 165 Å². The number of nitrogens with one attached hydrogen (secondary N) is 2. The first-order valence-corrected chi connectivity index (χ1v) is 9.50. The number of halogens is 1. The third-order valence-electron chi connectivity index (χ3n) is 3.87. The van der Waals surface area contributed by atoms with Crippen LogP contribution in [0.25, 0.3) is 0 Å². The number of carbonyl (C=O) groups is 3. The molecule has 0 aliphatic carbocycles. The van der Waals surface area contributed by atoms with Gasteiger partial charge in [-0.1, -0.05) is 24.3 Å². The predicted molar refractivity (Wildman–Crippen MR) is 102 cm³/mol. The van der Waals surface area contributed by atoms with E-state index in [4.69, 9.17) is 4.74 Å². The third-order valence-corrected chi connectivity index (χ3v) is 4.92. The normalized spacial score (nSPS) is 13.2. The zero-order valence-electron chi connectivity index (χ0n) is 14.8. The highest BCUT2D eigenvalue weighted by atomic mass is 32.2. The second-order valence-electron chi connectivity index (χ2n) is 5.86. The maximum Gasteiger partial charge on any atom is 0.258 e. The van der Waals surface area contributed by atoms with Crippen LogP contribution < -0.4 is 20.5 Å². The predicted octanol–water partition coefficient (Wildman–Crippen LogP) is 1.88. The van der Waals surface area contributed by atoms with Crippen LogP contribution in [0.1, 0.15) is 6.42 Å².